The van der Waals surface area contributed by atoms with Crippen molar-refractivity contribution in [2.45, 2.75) is 19.3 Å². The Labute approximate surface area is 105 Å². The lowest BCUT2D eigenvalue weighted by Gasteiger charge is -2.21. The molecule has 1 aliphatic heterocycles. The van der Waals surface area contributed by atoms with Crippen LogP contribution in [0.3, 0.4) is 0 Å². The number of rotatable bonds is 4. The minimum Gasteiger partial charge on any atom is -0.371 e. The van der Waals surface area contributed by atoms with Crippen molar-refractivity contribution in [1.29, 1.82) is 0 Å². The summed E-state index contributed by atoms with van der Waals surface area (Å²) in [4.78, 5) is 13.8. The minimum absolute atomic E-state index is 0.145. The van der Waals surface area contributed by atoms with Crippen LogP contribution in [0.5, 0.6) is 0 Å². The van der Waals surface area contributed by atoms with Gasteiger partial charge in [0.15, 0.2) is 17.4 Å². The number of carbonyl (C=O) groups excluding carboxylic acids is 1. The van der Waals surface area contributed by atoms with Crippen molar-refractivity contribution in [2.75, 3.05) is 24.5 Å². The number of carbonyl (C=O) groups is 1. The van der Waals surface area contributed by atoms with Crippen molar-refractivity contribution in [1.82, 2.24) is 0 Å². The molecule has 1 fully saturated rings. The zero-order valence-corrected chi connectivity index (χ0v) is 10.1. The number of anilines is 1. The van der Waals surface area contributed by atoms with Crippen LogP contribution < -0.4 is 10.6 Å². The number of Topliss-reactive ketones (excluding diaryl/α,β-unsaturated/α-hetero) is 1. The smallest absolute Gasteiger partial charge is 0.166 e. The number of hydrogen-bond donors (Lipinski definition) is 1. The topological polar surface area (TPSA) is 46.3 Å². The van der Waals surface area contributed by atoms with Crippen molar-refractivity contribution in [3.05, 3.63) is 29.3 Å². The van der Waals surface area contributed by atoms with E-state index in [0.29, 0.717) is 5.69 Å². The molecule has 0 saturated carbocycles. The molecule has 0 bridgehead atoms. The summed E-state index contributed by atoms with van der Waals surface area (Å²) >= 11 is 0. The Morgan fingerprint density at radius 1 is 1.22 bits per heavy atom. The standard InChI is InChI=1S/C13H16F2N2O/c14-10-7-9(13(18)3-4-16)12(8-11(10)15)17-5-1-2-6-17/h7-8H,1-6,16H2. The van der Waals surface area contributed by atoms with Crippen LogP contribution in [-0.4, -0.2) is 25.4 Å². The van der Waals surface area contributed by atoms with Crippen molar-refractivity contribution >= 4 is 11.5 Å². The van der Waals surface area contributed by atoms with Gasteiger partial charge >= 0.3 is 0 Å². The summed E-state index contributed by atoms with van der Waals surface area (Å²) in [5.74, 6) is -2.14. The zero-order valence-electron chi connectivity index (χ0n) is 10.1. The largest absolute Gasteiger partial charge is 0.371 e. The summed E-state index contributed by atoms with van der Waals surface area (Å²) in [5, 5.41) is 0. The van der Waals surface area contributed by atoms with Gasteiger partial charge in [-0.2, -0.15) is 0 Å². The highest BCUT2D eigenvalue weighted by atomic mass is 19.2. The van der Waals surface area contributed by atoms with E-state index in [2.05, 4.69) is 0 Å². The number of nitrogens with two attached hydrogens (primary N) is 1. The van der Waals surface area contributed by atoms with Crippen LogP contribution in [0.25, 0.3) is 0 Å². The fourth-order valence-corrected chi connectivity index (χ4v) is 2.25. The van der Waals surface area contributed by atoms with Crippen LogP contribution in [0.1, 0.15) is 29.6 Å². The molecule has 1 heterocycles. The summed E-state index contributed by atoms with van der Waals surface area (Å²) in [6.45, 7) is 1.75. The Kier molecular flexibility index (Phi) is 3.91. The first-order valence-corrected chi connectivity index (χ1v) is 6.10. The molecule has 1 saturated heterocycles. The summed E-state index contributed by atoms with van der Waals surface area (Å²) in [6.07, 6.45) is 2.15. The number of halogens is 2. The molecule has 0 aliphatic carbocycles. The van der Waals surface area contributed by atoms with Gasteiger partial charge in [-0.3, -0.25) is 4.79 Å². The highest BCUT2D eigenvalue weighted by Crippen LogP contribution is 2.28. The van der Waals surface area contributed by atoms with Gasteiger partial charge in [-0.1, -0.05) is 0 Å². The lowest BCUT2D eigenvalue weighted by molar-refractivity contribution is 0.0985. The lowest BCUT2D eigenvalue weighted by atomic mass is 10.0. The highest BCUT2D eigenvalue weighted by molar-refractivity contribution is 6.01. The second-order valence-corrected chi connectivity index (χ2v) is 4.44. The fourth-order valence-electron chi connectivity index (χ4n) is 2.25. The predicted molar refractivity (Wildman–Crippen MR) is 65.8 cm³/mol. The Morgan fingerprint density at radius 3 is 2.44 bits per heavy atom. The second kappa shape index (κ2) is 5.44. The van der Waals surface area contributed by atoms with Crippen molar-refractivity contribution in [3.8, 4) is 0 Å². The van der Waals surface area contributed by atoms with E-state index in [4.69, 9.17) is 5.73 Å². The van der Waals surface area contributed by atoms with Crippen LogP contribution in [0, 0.1) is 11.6 Å². The molecule has 0 aromatic heterocycles. The number of nitrogens with zero attached hydrogens (tertiary/aromatic N) is 1. The van der Waals surface area contributed by atoms with Crippen LogP contribution >= 0.6 is 0 Å². The predicted octanol–water partition coefficient (Wildman–Crippen LogP) is 2.10. The summed E-state index contributed by atoms with van der Waals surface area (Å²) in [7, 11) is 0. The average molecular weight is 254 g/mol. The van der Waals surface area contributed by atoms with E-state index in [-0.39, 0.29) is 24.3 Å². The first-order valence-electron chi connectivity index (χ1n) is 6.10. The molecule has 1 aromatic carbocycles. The Bertz CT molecular complexity index is 457. The van der Waals surface area contributed by atoms with Gasteiger partial charge in [0.05, 0.1) is 5.69 Å². The van der Waals surface area contributed by atoms with Gasteiger partial charge in [0.25, 0.3) is 0 Å². The molecule has 5 heteroatoms. The molecule has 0 radical (unpaired) electrons. The zero-order chi connectivity index (χ0) is 13.1. The molecule has 2 rings (SSSR count). The lowest BCUT2D eigenvalue weighted by Crippen LogP contribution is -2.22. The van der Waals surface area contributed by atoms with Gasteiger partial charge in [-0.05, 0) is 25.5 Å². The molecule has 0 amide bonds. The molecule has 0 unspecified atom stereocenters. The molecule has 2 N–H and O–H groups in total. The first-order chi connectivity index (χ1) is 8.63. The molecule has 1 aromatic rings. The normalized spacial score (nSPS) is 15.2. The molecule has 0 spiro atoms. The summed E-state index contributed by atoms with van der Waals surface area (Å²) < 4.78 is 26.6. The minimum atomic E-state index is -0.988. The molecule has 98 valence electrons. The summed E-state index contributed by atoms with van der Waals surface area (Å²) in [5.41, 5.74) is 6.06. The van der Waals surface area contributed by atoms with Crippen LogP contribution in [0.2, 0.25) is 0 Å². The highest BCUT2D eigenvalue weighted by Gasteiger charge is 2.21. The van der Waals surface area contributed by atoms with E-state index < -0.39 is 11.6 Å². The molecule has 18 heavy (non-hydrogen) atoms. The molecule has 1 aliphatic rings. The van der Waals surface area contributed by atoms with Crippen LogP contribution in [0.15, 0.2) is 12.1 Å². The van der Waals surface area contributed by atoms with E-state index in [9.17, 15) is 13.6 Å². The van der Waals surface area contributed by atoms with E-state index in [1.165, 1.54) is 0 Å². The van der Waals surface area contributed by atoms with Gasteiger partial charge in [0, 0.05) is 31.1 Å². The molecule has 0 atom stereocenters. The summed E-state index contributed by atoms with van der Waals surface area (Å²) in [6, 6.07) is 2.10. The monoisotopic (exact) mass is 254 g/mol. The third kappa shape index (κ3) is 2.51. The maximum atomic E-state index is 13.3. The van der Waals surface area contributed by atoms with Gasteiger partial charge < -0.3 is 10.6 Å². The average Bonchev–Trinajstić information content (AvgIpc) is 2.86. The van der Waals surface area contributed by atoms with E-state index in [0.717, 1.165) is 38.1 Å². The number of hydrogen-bond acceptors (Lipinski definition) is 3. The Hall–Kier alpha value is -1.49. The van der Waals surface area contributed by atoms with Gasteiger partial charge in [-0.25, -0.2) is 8.78 Å². The number of benzene rings is 1. The van der Waals surface area contributed by atoms with Crippen LogP contribution in [0.4, 0.5) is 14.5 Å². The Balaban J connectivity index is 2.41. The third-order valence-electron chi connectivity index (χ3n) is 3.16. The van der Waals surface area contributed by atoms with Gasteiger partial charge in [0.1, 0.15) is 0 Å². The van der Waals surface area contributed by atoms with Gasteiger partial charge in [-0.15, -0.1) is 0 Å². The number of ketones is 1. The molecule has 3 nitrogen and oxygen atoms in total. The fraction of sp³-hybridized carbons (Fsp3) is 0.462. The Morgan fingerprint density at radius 2 is 1.83 bits per heavy atom. The van der Waals surface area contributed by atoms with Crippen LogP contribution in [-0.2, 0) is 0 Å². The first kappa shape index (κ1) is 13.0. The molecular weight excluding hydrogens is 238 g/mol. The van der Waals surface area contributed by atoms with Crippen molar-refractivity contribution < 1.29 is 13.6 Å². The van der Waals surface area contributed by atoms with Crippen molar-refractivity contribution in [3.63, 3.8) is 0 Å². The third-order valence-corrected chi connectivity index (χ3v) is 3.16. The van der Waals surface area contributed by atoms with Crippen molar-refractivity contribution in [2.24, 2.45) is 5.73 Å². The van der Waals surface area contributed by atoms with E-state index >= 15 is 0 Å². The second-order valence-electron chi connectivity index (χ2n) is 4.44. The van der Waals surface area contributed by atoms with E-state index in [1.54, 1.807) is 0 Å². The quantitative estimate of drug-likeness (QED) is 0.837. The molecular formula is C13H16F2N2O. The maximum absolute atomic E-state index is 13.3. The SMILES string of the molecule is NCCC(=O)c1cc(F)c(F)cc1N1CCCC1. The van der Waals surface area contributed by atoms with E-state index in [1.807, 2.05) is 4.90 Å². The maximum Gasteiger partial charge on any atom is 0.166 e. The van der Waals surface area contributed by atoms with Gasteiger partial charge in [0.2, 0.25) is 0 Å².